The first-order chi connectivity index (χ1) is 10.3. The van der Waals surface area contributed by atoms with Gasteiger partial charge in [0.2, 0.25) is 5.91 Å². The fourth-order valence-electron chi connectivity index (χ4n) is 3.09. The van der Waals surface area contributed by atoms with Gasteiger partial charge in [0, 0.05) is 38.8 Å². The van der Waals surface area contributed by atoms with Crippen molar-refractivity contribution in [1.29, 1.82) is 0 Å². The third-order valence-corrected chi connectivity index (χ3v) is 4.44. The zero-order valence-electron chi connectivity index (χ0n) is 12.4. The molecule has 0 aliphatic carbocycles. The van der Waals surface area contributed by atoms with Crippen LogP contribution < -0.4 is 10.2 Å². The molecule has 0 spiro atoms. The molecule has 1 aromatic heterocycles. The van der Waals surface area contributed by atoms with Gasteiger partial charge in [-0.05, 0) is 44.0 Å². The van der Waals surface area contributed by atoms with Crippen molar-refractivity contribution in [2.45, 2.75) is 19.3 Å². The molecule has 3 heterocycles. The normalized spacial score (nSPS) is 22.6. The van der Waals surface area contributed by atoms with Crippen molar-refractivity contribution in [3.05, 3.63) is 18.3 Å². The second kappa shape index (κ2) is 6.85. The summed E-state index contributed by atoms with van der Waals surface area (Å²) in [6, 6.07) is 3.87. The number of hydrogen-bond donors (Lipinski definition) is 1. The lowest BCUT2D eigenvalue weighted by molar-refractivity contribution is -0.131. The van der Waals surface area contributed by atoms with Crippen LogP contribution in [-0.2, 0) is 4.79 Å². The van der Waals surface area contributed by atoms with Crippen molar-refractivity contribution in [2.24, 2.45) is 5.92 Å². The Labute approximate surface area is 125 Å². The SMILES string of the molecule is O=C(CCC1CCNC1)N1CCN(c2cccnn2)CC1. The van der Waals surface area contributed by atoms with Gasteiger partial charge < -0.3 is 15.1 Å². The van der Waals surface area contributed by atoms with Gasteiger partial charge in [0.05, 0.1) is 0 Å². The highest BCUT2D eigenvalue weighted by molar-refractivity contribution is 5.76. The Kier molecular flexibility index (Phi) is 4.65. The lowest BCUT2D eigenvalue weighted by Gasteiger charge is -2.35. The Balaban J connectivity index is 1.43. The minimum Gasteiger partial charge on any atom is -0.352 e. The van der Waals surface area contributed by atoms with Gasteiger partial charge in [-0.15, -0.1) is 5.10 Å². The number of aromatic nitrogens is 2. The van der Waals surface area contributed by atoms with Gasteiger partial charge >= 0.3 is 0 Å². The topological polar surface area (TPSA) is 61.4 Å². The molecule has 6 heteroatoms. The lowest BCUT2D eigenvalue weighted by atomic mass is 10.0. The molecule has 0 aromatic carbocycles. The molecule has 1 N–H and O–H groups in total. The van der Waals surface area contributed by atoms with Crippen molar-refractivity contribution in [2.75, 3.05) is 44.2 Å². The Bertz CT molecular complexity index is 452. The minimum absolute atomic E-state index is 0.306. The predicted octanol–water partition coefficient (Wildman–Crippen LogP) is 0.515. The zero-order chi connectivity index (χ0) is 14.5. The van der Waals surface area contributed by atoms with Gasteiger partial charge in [-0.2, -0.15) is 5.10 Å². The molecule has 1 amide bonds. The molecule has 2 aliphatic rings. The highest BCUT2D eigenvalue weighted by Crippen LogP contribution is 2.17. The van der Waals surface area contributed by atoms with Gasteiger partial charge in [-0.1, -0.05) is 0 Å². The van der Waals surface area contributed by atoms with E-state index in [0.717, 1.165) is 51.5 Å². The molecule has 0 bridgehead atoms. The summed E-state index contributed by atoms with van der Waals surface area (Å²) >= 11 is 0. The number of carbonyl (C=O) groups excluding carboxylic acids is 1. The van der Waals surface area contributed by atoms with Crippen LogP contribution in [0, 0.1) is 5.92 Å². The summed E-state index contributed by atoms with van der Waals surface area (Å²) < 4.78 is 0. The van der Waals surface area contributed by atoms with E-state index in [1.165, 1.54) is 6.42 Å². The van der Waals surface area contributed by atoms with Crippen LogP contribution in [0.2, 0.25) is 0 Å². The predicted molar refractivity (Wildman–Crippen MR) is 81.0 cm³/mol. The molecule has 1 unspecified atom stereocenters. The van der Waals surface area contributed by atoms with E-state index in [-0.39, 0.29) is 0 Å². The van der Waals surface area contributed by atoms with Gasteiger partial charge in [0.25, 0.3) is 0 Å². The van der Waals surface area contributed by atoms with Crippen molar-refractivity contribution in [1.82, 2.24) is 20.4 Å². The standard InChI is InChI=1S/C15H23N5O/c21-15(4-3-13-5-7-16-12-13)20-10-8-19(9-11-20)14-2-1-6-17-18-14/h1-2,6,13,16H,3-5,7-12H2. The van der Waals surface area contributed by atoms with Crippen LogP contribution in [0.25, 0.3) is 0 Å². The van der Waals surface area contributed by atoms with E-state index in [0.29, 0.717) is 18.2 Å². The first-order valence-corrected chi connectivity index (χ1v) is 7.84. The summed E-state index contributed by atoms with van der Waals surface area (Å²) in [6.07, 6.45) is 4.61. The third-order valence-electron chi connectivity index (χ3n) is 4.44. The van der Waals surface area contributed by atoms with Crippen LogP contribution in [0.1, 0.15) is 19.3 Å². The van der Waals surface area contributed by atoms with E-state index in [1.54, 1.807) is 6.20 Å². The number of anilines is 1. The molecular weight excluding hydrogens is 266 g/mol. The number of rotatable bonds is 4. The van der Waals surface area contributed by atoms with Crippen molar-refractivity contribution < 1.29 is 4.79 Å². The number of amides is 1. The number of carbonyl (C=O) groups is 1. The second-order valence-corrected chi connectivity index (χ2v) is 5.85. The van der Waals surface area contributed by atoms with E-state index >= 15 is 0 Å². The lowest BCUT2D eigenvalue weighted by Crippen LogP contribution is -2.49. The van der Waals surface area contributed by atoms with Gasteiger partial charge in [0.1, 0.15) is 0 Å². The number of nitrogens with zero attached hydrogens (tertiary/aromatic N) is 4. The highest BCUT2D eigenvalue weighted by atomic mass is 16.2. The van der Waals surface area contributed by atoms with Crippen molar-refractivity contribution >= 4 is 11.7 Å². The molecule has 2 fully saturated rings. The summed E-state index contributed by atoms with van der Waals surface area (Å²) in [4.78, 5) is 16.4. The Morgan fingerprint density at radius 1 is 1.33 bits per heavy atom. The number of hydrogen-bond acceptors (Lipinski definition) is 5. The summed E-state index contributed by atoms with van der Waals surface area (Å²) in [5.74, 6) is 1.90. The average molecular weight is 289 g/mol. The first-order valence-electron chi connectivity index (χ1n) is 7.84. The van der Waals surface area contributed by atoms with Gasteiger partial charge in [0.15, 0.2) is 5.82 Å². The molecular formula is C15H23N5O. The average Bonchev–Trinajstić information content (AvgIpc) is 3.07. The van der Waals surface area contributed by atoms with E-state index in [2.05, 4.69) is 20.4 Å². The molecule has 2 aliphatic heterocycles. The summed E-state index contributed by atoms with van der Waals surface area (Å²) in [7, 11) is 0. The van der Waals surface area contributed by atoms with Gasteiger partial charge in [-0.3, -0.25) is 4.79 Å². The molecule has 2 saturated heterocycles. The summed E-state index contributed by atoms with van der Waals surface area (Å²) in [6.45, 7) is 5.45. The molecule has 114 valence electrons. The maximum atomic E-state index is 12.3. The molecule has 3 rings (SSSR count). The Hall–Kier alpha value is -1.69. The number of piperazine rings is 1. The van der Waals surface area contributed by atoms with Gasteiger partial charge in [-0.25, -0.2) is 0 Å². The highest BCUT2D eigenvalue weighted by Gasteiger charge is 2.23. The smallest absolute Gasteiger partial charge is 0.222 e. The fourth-order valence-corrected chi connectivity index (χ4v) is 3.09. The Morgan fingerprint density at radius 3 is 2.86 bits per heavy atom. The summed E-state index contributed by atoms with van der Waals surface area (Å²) in [5, 5.41) is 11.4. The first kappa shape index (κ1) is 14.3. The quantitative estimate of drug-likeness (QED) is 0.875. The van der Waals surface area contributed by atoms with Crippen LogP contribution >= 0.6 is 0 Å². The monoisotopic (exact) mass is 289 g/mol. The van der Waals surface area contributed by atoms with Crippen LogP contribution in [-0.4, -0.2) is 60.3 Å². The molecule has 21 heavy (non-hydrogen) atoms. The fraction of sp³-hybridized carbons (Fsp3) is 0.667. The number of nitrogens with one attached hydrogen (secondary N) is 1. The van der Waals surface area contributed by atoms with Crippen molar-refractivity contribution in [3.8, 4) is 0 Å². The van der Waals surface area contributed by atoms with Crippen LogP contribution in [0.5, 0.6) is 0 Å². The third kappa shape index (κ3) is 3.69. The van der Waals surface area contributed by atoms with Crippen LogP contribution in [0.15, 0.2) is 18.3 Å². The van der Waals surface area contributed by atoms with Crippen LogP contribution in [0.4, 0.5) is 5.82 Å². The zero-order valence-corrected chi connectivity index (χ0v) is 12.4. The van der Waals surface area contributed by atoms with E-state index in [1.807, 2.05) is 17.0 Å². The van der Waals surface area contributed by atoms with E-state index in [9.17, 15) is 4.79 Å². The van der Waals surface area contributed by atoms with E-state index < -0.39 is 0 Å². The molecule has 1 atom stereocenters. The molecule has 6 nitrogen and oxygen atoms in total. The minimum atomic E-state index is 0.306. The Morgan fingerprint density at radius 2 is 2.19 bits per heavy atom. The molecule has 0 saturated carbocycles. The molecule has 0 radical (unpaired) electrons. The van der Waals surface area contributed by atoms with E-state index in [4.69, 9.17) is 0 Å². The largest absolute Gasteiger partial charge is 0.352 e. The molecule has 1 aromatic rings. The maximum Gasteiger partial charge on any atom is 0.222 e. The van der Waals surface area contributed by atoms with Crippen molar-refractivity contribution in [3.63, 3.8) is 0 Å². The van der Waals surface area contributed by atoms with Crippen LogP contribution in [0.3, 0.4) is 0 Å². The second-order valence-electron chi connectivity index (χ2n) is 5.85. The maximum absolute atomic E-state index is 12.3. The summed E-state index contributed by atoms with van der Waals surface area (Å²) in [5.41, 5.74) is 0.